The standard InChI is InChI=1S/C20H27N5O/c1-26-12-11-25-10-4-6-16(14-25)22-20-17-7-2-8-18(17)23-19(24-20)15-5-3-9-21-13-15/h3,5,9,13,16H,2,4,6-8,10-12,14H2,1H3,(H,22,23,24). The second-order valence-corrected chi connectivity index (χ2v) is 7.19. The van der Waals surface area contributed by atoms with Crippen LogP contribution in [0.1, 0.15) is 30.5 Å². The van der Waals surface area contributed by atoms with Crippen LogP contribution in [0.5, 0.6) is 0 Å². The quantitative estimate of drug-likeness (QED) is 0.861. The maximum atomic E-state index is 5.23. The van der Waals surface area contributed by atoms with E-state index >= 15 is 0 Å². The average molecular weight is 353 g/mol. The number of aryl methyl sites for hydroxylation is 1. The van der Waals surface area contributed by atoms with Crippen molar-refractivity contribution in [3.05, 3.63) is 35.8 Å². The van der Waals surface area contributed by atoms with Gasteiger partial charge >= 0.3 is 0 Å². The lowest BCUT2D eigenvalue weighted by molar-refractivity contribution is 0.131. The SMILES string of the molecule is COCCN1CCCC(Nc2nc(-c3cccnc3)nc3c2CCC3)C1. The highest BCUT2D eigenvalue weighted by Crippen LogP contribution is 2.30. The van der Waals surface area contributed by atoms with Crippen LogP contribution in [0.4, 0.5) is 5.82 Å². The Morgan fingerprint density at radius 3 is 3.08 bits per heavy atom. The van der Waals surface area contributed by atoms with Crippen LogP contribution in [0.2, 0.25) is 0 Å². The van der Waals surface area contributed by atoms with Gasteiger partial charge in [-0.05, 0) is 50.8 Å². The molecule has 0 amide bonds. The topological polar surface area (TPSA) is 63.2 Å². The van der Waals surface area contributed by atoms with E-state index in [1.165, 1.54) is 30.5 Å². The Morgan fingerprint density at radius 2 is 2.23 bits per heavy atom. The van der Waals surface area contributed by atoms with Crippen molar-refractivity contribution < 1.29 is 4.74 Å². The van der Waals surface area contributed by atoms with Gasteiger partial charge in [-0.15, -0.1) is 0 Å². The molecule has 1 fully saturated rings. The molecule has 138 valence electrons. The Hall–Kier alpha value is -2.05. The Morgan fingerprint density at radius 1 is 1.27 bits per heavy atom. The number of rotatable bonds is 6. The molecule has 0 bridgehead atoms. The molecule has 26 heavy (non-hydrogen) atoms. The summed E-state index contributed by atoms with van der Waals surface area (Å²) in [5.41, 5.74) is 3.50. The molecule has 4 rings (SSSR count). The molecule has 1 saturated heterocycles. The van der Waals surface area contributed by atoms with Crippen molar-refractivity contribution in [1.29, 1.82) is 0 Å². The minimum absolute atomic E-state index is 0.432. The van der Waals surface area contributed by atoms with E-state index in [1.807, 2.05) is 18.3 Å². The van der Waals surface area contributed by atoms with Crippen LogP contribution in [-0.2, 0) is 17.6 Å². The highest BCUT2D eigenvalue weighted by molar-refractivity contribution is 5.60. The maximum Gasteiger partial charge on any atom is 0.163 e. The van der Waals surface area contributed by atoms with Gasteiger partial charge in [0.2, 0.25) is 0 Å². The summed E-state index contributed by atoms with van der Waals surface area (Å²) >= 11 is 0. The summed E-state index contributed by atoms with van der Waals surface area (Å²) in [5.74, 6) is 1.82. The number of methoxy groups -OCH3 is 1. The molecule has 6 heteroatoms. The molecule has 2 aromatic heterocycles. The van der Waals surface area contributed by atoms with E-state index in [4.69, 9.17) is 14.7 Å². The Balaban J connectivity index is 1.55. The van der Waals surface area contributed by atoms with Gasteiger partial charge in [0.15, 0.2) is 5.82 Å². The van der Waals surface area contributed by atoms with Crippen molar-refractivity contribution in [3.63, 3.8) is 0 Å². The number of hydrogen-bond acceptors (Lipinski definition) is 6. The monoisotopic (exact) mass is 353 g/mol. The van der Waals surface area contributed by atoms with E-state index in [0.29, 0.717) is 6.04 Å². The maximum absolute atomic E-state index is 5.23. The highest BCUT2D eigenvalue weighted by Gasteiger charge is 2.24. The molecule has 6 nitrogen and oxygen atoms in total. The largest absolute Gasteiger partial charge is 0.383 e. The molecule has 1 N–H and O–H groups in total. The number of hydrogen-bond donors (Lipinski definition) is 1. The van der Waals surface area contributed by atoms with Crippen LogP contribution < -0.4 is 5.32 Å². The zero-order chi connectivity index (χ0) is 17.8. The van der Waals surface area contributed by atoms with Gasteiger partial charge in [0.05, 0.1) is 6.61 Å². The number of aromatic nitrogens is 3. The number of fused-ring (bicyclic) bond motifs is 1. The van der Waals surface area contributed by atoms with Crippen molar-refractivity contribution in [1.82, 2.24) is 19.9 Å². The summed E-state index contributed by atoms with van der Waals surface area (Å²) in [6.07, 6.45) is 9.31. The van der Waals surface area contributed by atoms with Gasteiger partial charge in [-0.3, -0.25) is 9.88 Å². The van der Waals surface area contributed by atoms with Crippen molar-refractivity contribution in [2.45, 2.75) is 38.1 Å². The fourth-order valence-corrected chi connectivity index (χ4v) is 3.97. The van der Waals surface area contributed by atoms with Crippen molar-refractivity contribution in [2.24, 2.45) is 0 Å². The smallest absolute Gasteiger partial charge is 0.163 e. The number of nitrogens with zero attached hydrogens (tertiary/aromatic N) is 4. The first-order chi connectivity index (χ1) is 12.8. The van der Waals surface area contributed by atoms with E-state index in [2.05, 4.69) is 15.2 Å². The zero-order valence-electron chi connectivity index (χ0n) is 15.4. The summed E-state index contributed by atoms with van der Waals surface area (Å²) < 4.78 is 5.23. The van der Waals surface area contributed by atoms with Gasteiger partial charge in [-0.2, -0.15) is 0 Å². The summed E-state index contributed by atoms with van der Waals surface area (Å²) in [6, 6.07) is 4.40. The molecule has 0 aromatic carbocycles. The van der Waals surface area contributed by atoms with E-state index in [0.717, 1.165) is 56.3 Å². The molecule has 1 aliphatic heterocycles. The van der Waals surface area contributed by atoms with Crippen molar-refractivity contribution >= 4 is 5.82 Å². The first-order valence-corrected chi connectivity index (χ1v) is 9.61. The molecule has 0 radical (unpaired) electrons. The minimum Gasteiger partial charge on any atom is -0.383 e. The fraction of sp³-hybridized carbons (Fsp3) is 0.550. The molecule has 3 heterocycles. The fourth-order valence-electron chi connectivity index (χ4n) is 3.97. The second-order valence-electron chi connectivity index (χ2n) is 7.19. The molecule has 1 unspecified atom stereocenters. The van der Waals surface area contributed by atoms with Crippen molar-refractivity contribution in [2.75, 3.05) is 38.7 Å². The second kappa shape index (κ2) is 8.10. The van der Waals surface area contributed by atoms with Crippen LogP contribution in [-0.4, -0.2) is 59.2 Å². The third kappa shape index (κ3) is 3.86. The number of pyridine rings is 1. The zero-order valence-corrected chi connectivity index (χ0v) is 15.4. The van der Waals surface area contributed by atoms with E-state index < -0.39 is 0 Å². The molecule has 0 spiro atoms. The van der Waals surface area contributed by atoms with E-state index in [1.54, 1.807) is 13.3 Å². The number of ether oxygens (including phenoxy) is 1. The predicted molar refractivity (Wildman–Crippen MR) is 102 cm³/mol. The van der Waals surface area contributed by atoms with Gasteiger partial charge in [0.25, 0.3) is 0 Å². The number of anilines is 1. The van der Waals surface area contributed by atoms with Crippen LogP contribution in [0.25, 0.3) is 11.4 Å². The third-order valence-electron chi connectivity index (χ3n) is 5.31. The molecule has 1 atom stereocenters. The average Bonchev–Trinajstić information content (AvgIpc) is 3.16. The van der Waals surface area contributed by atoms with Crippen LogP contribution >= 0.6 is 0 Å². The van der Waals surface area contributed by atoms with Gasteiger partial charge in [-0.1, -0.05) is 0 Å². The first-order valence-electron chi connectivity index (χ1n) is 9.61. The van der Waals surface area contributed by atoms with Gasteiger partial charge in [0.1, 0.15) is 5.82 Å². The predicted octanol–water partition coefficient (Wildman–Crippen LogP) is 2.55. The summed E-state index contributed by atoms with van der Waals surface area (Å²) in [6.45, 7) is 3.99. The van der Waals surface area contributed by atoms with Gasteiger partial charge < -0.3 is 10.1 Å². The minimum atomic E-state index is 0.432. The molecule has 2 aliphatic rings. The summed E-state index contributed by atoms with van der Waals surface area (Å²) in [7, 11) is 1.77. The van der Waals surface area contributed by atoms with Gasteiger partial charge in [0, 0.05) is 55.5 Å². The molecule has 2 aromatic rings. The van der Waals surface area contributed by atoms with Crippen molar-refractivity contribution in [3.8, 4) is 11.4 Å². The molecular formula is C20H27N5O. The lowest BCUT2D eigenvalue weighted by atomic mass is 10.1. The Kier molecular flexibility index (Phi) is 5.41. The van der Waals surface area contributed by atoms with Gasteiger partial charge in [-0.25, -0.2) is 9.97 Å². The third-order valence-corrected chi connectivity index (χ3v) is 5.31. The highest BCUT2D eigenvalue weighted by atomic mass is 16.5. The number of nitrogens with one attached hydrogen (secondary N) is 1. The van der Waals surface area contributed by atoms with Crippen LogP contribution in [0, 0.1) is 0 Å². The first kappa shape index (κ1) is 17.4. The molecule has 1 aliphatic carbocycles. The molecular weight excluding hydrogens is 326 g/mol. The van der Waals surface area contributed by atoms with Crippen LogP contribution in [0.15, 0.2) is 24.5 Å². The lowest BCUT2D eigenvalue weighted by Gasteiger charge is -2.33. The Labute approximate surface area is 155 Å². The lowest BCUT2D eigenvalue weighted by Crippen LogP contribution is -2.43. The Bertz CT molecular complexity index is 736. The summed E-state index contributed by atoms with van der Waals surface area (Å²) in [5, 5.41) is 3.74. The van der Waals surface area contributed by atoms with E-state index in [9.17, 15) is 0 Å². The summed E-state index contributed by atoms with van der Waals surface area (Å²) in [4.78, 5) is 16.4. The molecule has 0 saturated carbocycles. The number of likely N-dealkylation sites (tertiary alicyclic amines) is 1. The normalized spacial score (nSPS) is 20.1. The van der Waals surface area contributed by atoms with E-state index in [-0.39, 0.29) is 0 Å². The van der Waals surface area contributed by atoms with Crippen LogP contribution in [0.3, 0.4) is 0 Å². The number of piperidine rings is 1.